The summed E-state index contributed by atoms with van der Waals surface area (Å²) in [4.78, 5) is 0. The van der Waals surface area contributed by atoms with Gasteiger partial charge in [0.15, 0.2) is 0 Å². The van der Waals surface area contributed by atoms with Gasteiger partial charge in [-0.15, -0.1) is 6.42 Å². The molecule has 11 heavy (non-hydrogen) atoms. The average molecular weight is 376 g/mol. The van der Waals surface area contributed by atoms with E-state index in [1.54, 1.807) is 0 Å². The molecular formula is C7H10I2N2. The Bertz CT molecular complexity index is 178. The zero-order chi connectivity index (χ0) is 8.43. The Morgan fingerprint density at radius 1 is 1.45 bits per heavy atom. The lowest BCUT2D eigenvalue weighted by Crippen LogP contribution is -2.49. The van der Waals surface area contributed by atoms with Crippen LogP contribution in [-0.4, -0.2) is 31.4 Å². The summed E-state index contributed by atoms with van der Waals surface area (Å²) in [5.74, 6) is 2.79. The lowest BCUT2D eigenvalue weighted by atomic mass is 10.2. The van der Waals surface area contributed by atoms with Crippen LogP contribution in [0.5, 0.6) is 0 Å². The third-order valence-corrected chi connectivity index (χ3v) is 4.16. The second-order valence-corrected chi connectivity index (χ2v) is 5.18. The molecule has 2 nitrogen and oxygen atoms in total. The lowest BCUT2D eigenvalue weighted by Gasteiger charge is -2.37. The number of hydrogen-bond donors (Lipinski definition) is 0. The molecule has 0 aromatic heterocycles. The maximum Gasteiger partial charge on any atom is 0.0938 e. The van der Waals surface area contributed by atoms with E-state index in [0.29, 0.717) is 6.04 Å². The minimum Gasteiger partial charge on any atom is -0.243 e. The Balaban J connectivity index is 2.60. The molecule has 1 heterocycles. The zero-order valence-corrected chi connectivity index (χ0v) is 10.6. The highest BCUT2D eigenvalue weighted by molar-refractivity contribution is 14.1. The highest BCUT2D eigenvalue weighted by Crippen LogP contribution is 2.21. The fourth-order valence-electron chi connectivity index (χ4n) is 1.14. The van der Waals surface area contributed by atoms with Gasteiger partial charge < -0.3 is 0 Å². The normalized spacial score (nSPS) is 35.1. The molecular weight excluding hydrogens is 366 g/mol. The van der Waals surface area contributed by atoms with Gasteiger partial charge in [0.25, 0.3) is 0 Å². The molecule has 0 bridgehead atoms. The second-order valence-electron chi connectivity index (χ2n) is 2.70. The Labute approximate surface area is 95.7 Å². The molecule has 62 valence electrons. The van der Waals surface area contributed by atoms with E-state index in [0.717, 1.165) is 13.1 Å². The van der Waals surface area contributed by atoms with Gasteiger partial charge in [0, 0.05) is 64.9 Å². The lowest BCUT2D eigenvalue weighted by molar-refractivity contribution is 0.236. The molecule has 1 aliphatic rings. The van der Waals surface area contributed by atoms with Gasteiger partial charge in [-0.1, -0.05) is 5.92 Å². The van der Waals surface area contributed by atoms with Crippen molar-refractivity contribution in [1.29, 1.82) is 0 Å². The molecule has 0 amide bonds. The van der Waals surface area contributed by atoms with Crippen LogP contribution in [0.25, 0.3) is 0 Å². The van der Waals surface area contributed by atoms with E-state index in [1.807, 2.05) is 0 Å². The first kappa shape index (κ1) is 10.0. The number of hydrogen-bond acceptors (Lipinski definition) is 2. The van der Waals surface area contributed by atoms with Crippen molar-refractivity contribution < 1.29 is 0 Å². The van der Waals surface area contributed by atoms with Gasteiger partial charge in [0.1, 0.15) is 0 Å². The van der Waals surface area contributed by atoms with E-state index in [9.17, 15) is 0 Å². The highest BCUT2D eigenvalue weighted by atomic mass is 127. The molecule has 1 saturated heterocycles. The van der Waals surface area contributed by atoms with Crippen molar-refractivity contribution >= 4 is 45.7 Å². The van der Waals surface area contributed by atoms with Crippen LogP contribution in [0.4, 0.5) is 0 Å². The van der Waals surface area contributed by atoms with E-state index in [2.05, 4.69) is 64.8 Å². The summed E-state index contributed by atoms with van der Waals surface area (Å²) in [6, 6.07) is 0.832. The van der Waals surface area contributed by atoms with Crippen molar-refractivity contribution in [3.8, 4) is 12.3 Å². The number of halogens is 2. The molecule has 0 saturated carbocycles. The van der Waals surface area contributed by atoms with Crippen molar-refractivity contribution in [3.05, 3.63) is 0 Å². The number of nitrogens with zero attached hydrogens (tertiary/aromatic N) is 2. The van der Waals surface area contributed by atoms with Crippen molar-refractivity contribution in [2.24, 2.45) is 0 Å². The highest BCUT2D eigenvalue weighted by Gasteiger charge is 2.27. The van der Waals surface area contributed by atoms with E-state index in [-0.39, 0.29) is 6.04 Å². The summed E-state index contributed by atoms with van der Waals surface area (Å²) in [5.41, 5.74) is 0. The van der Waals surface area contributed by atoms with Crippen LogP contribution >= 0.6 is 45.7 Å². The Morgan fingerprint density at radius 2 is 2.09 bits per heavy atom. The van der Waals surface area contributed by atoms with Gasteiger partial charge in [-0.05, 0) is 6.92 Å². The van der Waals surface area contributed by atoms with Crippen molar-refractivity contribution in [1.82, 2.24) is 6.23 Å². The molecule has 1 aliphatic heterocycles. The molecule has 0 unspecified atom stereocenters. The first-order valence-corrected chi connectivity index (χ1v) is 5.39. The van der Waals surface area contributed by atoms with Gasteiger partial charge >= 0.3 is 0 Å². The summed E-state index contributed by atoms with van der Waals surface area (Å²) >= 11 is 4.64. The summed E-state index contributed by atoms with van der Waals surface area (Å²) in [6.45, 7) is 4.27. The van der Waals surface area contributed by atoms with Gasteiger partial charge in [-0.2, -0.15) is 0 Å². The maximum atomic E-state index is 5.39. The number of terminal acetylenes is 1. The minimum atomic E-state index is 0.274. The molecule has 0 aliphatic carbocycles. The standard InChI is InChI=1S/C7H10I2N2/c1-3-7-5-10(8)4-6(2)11(7)9/h1,6-7H,4-5H2,2H3/t6-,7-/m0/s1. The topological polar surface area (TPSA) is 6.48 Å². The minimum absolute atomic E-state index is 0.274. The average Bonchev–Trinajstić information content (AvgIpc) is 1.96. The number of piperazine rings is 1. The Kier molecular flexibility index (Phi) is 3.88. The SMILES string of the molecule is C#C[C@H]1CN(I)C[C@H](C)N1I. The monoisotopic (exact) mass is 376 g/mol. The fraction of sp³-hybridized carbons (Fsp3) is 0.714. The van der Waals surface area contributed by atoms with E-state index in [4.69, 9.17) is 6.42 Å². The van der Waals surface area contributed by atoms with Crippen LogP contribution < -0.4 is 0 Å². The van der Waals surface area contributed by atoms with Crippen LogP contribution in [0, 0.1) is 12.3 Å². The predicted molar refractivity (Wildman–Crippen MR) is 63.5 cm³/mol. The zero-order valence-electron chi connectivity index (χ0n) is 6.30. The molecule has 0 aromatic carbocycles. The van der Waals surface area contributed by atoms with E-state index in [1.165, 1.54) is 0 Å². The van der Waals surface area contributed by atoms with E-state index < -0.39 is 0 Å². The molecule has 0 aromatic rings. The fourth-order valence-corrected chi connectivity index (χ4v) is 2.59. The van der Waals surface area contributed by atoms with Gasteiger partial charge in [0.2, 0.25) is 0 Å². The summed E-state index contributed by atoms with van der Waals surface area (Å²) in [6.07, 6.45) is 5.39. The molecule has 4 heteroatoms. The van der Waals surface area contributed by atoms with Crippen LogP contribution in [-0.2, 0) is 0 Å². The second kappa shape index (κ2) is 4.25. The number of rotatable bonds is 0. The van der Waals surface area contributed by atoms with Gasteiger partial charge in [-0.25, -0.2) is 6.23 Å². The molecule has 0 spiro atoms. The summed E-state index contributed by atoms with van der Waals surface area (Å²) in [7, 11) is 0. The Hall–Kier alpha value is 0.940. The van der Waals surface area contributed by atoms with Gasteiger partial charge in [-0.3, -0.25) is 0 Å². The van der Waals surface area contributed by atoms with Crippen molar-refractivity contribution in [3.63, 3.8) is 0 Å². The third-order valence-electron chi connectivity index (χ3n) is 1.74. The third kappa shape index (κ3) is 2.44. The van der Waals surface area contributed by atoms with Crippen molar-refractivity contribution in [2.45, 2.75) is 19.0 Å². The van der Waals surface area contributed by atoms with Crippen LogP contribution in [0.3, 0.4) is 0 Å². The predicted octanol–water partition coefficient (Wildman–Crippen LogP) is 1.69. The largest absolute Gasteiger partial charge is 0.243 e. The molecule has 2 atom stereocenters. The van der Waals surface area contributed by atoms with Crippen molar-refractivity contribution in [2.75, 3.05) is 13.1 Å². The summed E-state index contributed by atoms with van der Waals surface area (Å²) < 4.78 is 4.48. The molecule has 1 fully saturated rings. The van der Waals surface area contributed by atoms with Gasteiger partial charge in [0.05, 0.1) is 6.04 Å². The Morgan fingerprint density at radius 3 is 2.64 bits per heavy atom. The van der Waals surface area contributed by atoms with Crippen LogP contribution in [0.1, 0.15) is 6.92 Å². The van der Waals surface area contributed by atoms with Crippen LogP contribution in [0.15, 0.2) is 0 Å². The smallest absolute Gasteiger partial charge is 0.0938 e. The van der Waals surface area contributed by atoms with E-state index >= 15 is 0 Å². The molecule has 0 radical (unpaired) electrons. The van der Waals surface area contributed by atoms with Crippen LogP contribution in [0.2, 0.25) is 0 Å². The maximum absolute atomic E-state index is 5.39. The molecule has 1 rings (SSSR count). The summed E-state index contributed by atoms with van der Waals surface area (Å²) in [5, 5.41) is 0. The molecule has 0 N–H and O–H groups in total. The quantitative estimate of drug-likeness (QED) is 0.361. The first-order chi connectivity index (χ1) is 5.15. The first-order valence-electron chi connectivity index (χ1n) is 3.46.